The van der Waals surface area contributed by atoms with E-state index in [1.807, 2.05) is 0 Å². The molecule has 0 saturated heterocycles. The van der Waals surface area contributed by atoms with Gasteiger partial charge in [0, 0.05) is 13.5 Å². The van der Waals surface area contributed by atoms with Gasteiger partial charge >= 0.3 is 12.4 Å². The van der Waals surface area contributed by atoms with Crippen LogP contribution in [-0.2, 0) is 22.7 Å². The fourth-order valence-corrected chi connectivity index (χ4v) is 2.28. The number of carbonyl (C=O) groups excluding carboxylic acids is 1. The Kier molecular flexibility index (Phi) is 6.46. The molecule has 0 bridgehead atoms. The maximum Gasteiger partial charge on any atom is 0.416 e. The third kappa shape index (κ3) is 5.89. The molecule has 0 aliphatic rings. The predicted octanol–water partition coefficient (Wildman–Crippen LogP) is 2.75. The summed E-state index contributed by atoms with van der Waals surface area (Å²) in [6.45, 7) is 0.988. The van der Waals surface area contributed by atoms with E-state index in [1.54, 1.807) is 0 Å². The molecule has 1 aromatic carbocycles. The first-order valence-electron chi connectivity index (χ1n) is 7.33. The average molecular weight is 371 g/mol. The Morgan fingerprint density at radius 1 is 1.00 bits per heavy atom. The number of benzene rings is 1. The van der Waals surface area contributed by atoms with Crippen LogP contribution in [0.2, 0.25) is 0 Å². The highest BCUT2D eigenvalue weighted by Crippen LogP contribution is 2.38. The van der Waals surface area contributed by atoms with Crippen molar-refractivity contribution in [2.75, 3.05) is 13.1 Å². The van der Waals surface area contributed by atoms with Crippen molar-refractivity contribution in [3.63, 3.8) is 0 Å². The number of halogens is 6. The summed E-state index contributed by atoms with van der Waals surface area (Å²) in [5.74, 6) is -0.509. The minimum absolute atomic E-state index is 0.00237. The van der Waals surface area contributed by atoms with Crippen LogP contribution in [0.5, 0.6) is 0 Å². The van der Waals surface area contributed by atoms with Gasteiger partial charge in [-0.2, -0.15) is 26.3 Å². The predicted molar refractivity (Wildman–Crippen MR) is 79.3 cm³/mol. The van der Waals surface area contributed by atoms with E-state index in [9.17, 15) is 31.1 Å². The summed E-state index contributed by atoms with van der Waals surface area (Å²) in [4.78, 5) is 11.1. The number of nitrogens with two attached hydrogens (primary N) is 2. The van der Waals surface area contributed by atoms with Crippen molar-refractivity contribution in [3.05, 3.63) is 34.9 Å². The highest BCUT2D eigenvalue weighted by atomic mass is 19.4. The Labute approximate surface area is 140 Å². The lowest BCUT2D eigenvalue weighted by Crippen LogP contribution is -2.47. The zero-order chi connectivity index (χ0) is 19.5. The molecule has 25 heavy (non-hydrogen) atoms. The molecule has 0 fully saturated rings. The lowest BCUT2D eigenvalue weighted by molar-refractivity contribution is -0.143. The Hall–Kier alpha value is -1.81. The first kappa shape index (κ1) is 21.2. The molecular formula is C15H19F6N3O. The highest BCUT2D eigenvalue weighted by Gasteiger charge is 2.39. The average Bonchev–Trinajstić information content (AvgIpc) is 2.48. The first-order chi connectivity index (χ1) is 11.3. The van der Waals surface area contributed by atoms with Gasteiger partial charge in [0.05, 0.1) is 16.7 Å². The zero-order valence-electron chi connectivity index (χ0n) is 13.4. The van der Waals surface area contributed by atoms with Gasteiger partial charge in [-0.15, -0.1) is 0 Å². The van der Waals surface area contributed by atoms with Crippen LogP contribution < -0.4 is 16.8 Å². The molecule has 0 radical (unpaired) electrons. The fourth-order valence-electron chi connectivity index (χ4n) is 2.28. The second-order valence-electron chi connectivity index (χ2n) is 5.75. The van der Waals surface area contributed by atoms with Crippen LogP contribution in [-0.4, -0.2) is 19.0 Å². The van der Waals surface area contributed by atoms with Gasteiger partial charge in [-0.05, 0) is 43.1 Å². The van der Waals surface area contributed by atoms with Crippen molar-refractivity contribution >= 4 is 5.91 Å². The Morgan fingerprint density at radius 2 is 1.44 bits per heavy atom. The molecular weight excluding hydrogens is 352 g/mol. The lowest BCUT2D eigenvalue weighted by Gasteiger charge is -2.31. The number of carbonyl (C=O) groups is 1. The fraction of sp³-hybridized carbons (Fsp3) is 0.533. The van der Waals surface area contributed by atoms with Crippen LogP contribution >= 0.6 is 0 Å². The van der Waals surface area contributed by atoms with Crippen LogP contribution in [0.25, 0.3) is 0 Å². The monoisotopic (exact) mass is 371 g/mol. The van der Waals surface area contributed by atoms with Crippen molar-refractivity contribution in [3.8, 4) is 0 Å². The minimum Gasteiger partial charge on any atom is -0.354 e. The molecule has 4 nitrogen and oxygen atoms in total. The SMILES string of the molecule is CC(=O)NC[C@](N)(CCCN)c1cc(C(F)(F)F)cc(C(F)(F)F)c1. The van der Waals surface area contributed by atoms with Gasteiger partial charge in [-0.1, -0.05) is 0 Å². The number of hydrogen-bond acceptors (Lipinski definition) is 3. The van der Waals surface area contributed by atoms with Gasteiger partial charge in [0.1, 0.15) is 0 Å². The van der Waals surface area contributed by atoms with E-state index < -0.39 is 34.9 Å². The molecule has 5 N–H and O–H groups in total. The molecule has 142 valence electrons. The molecule has 0 heterocycles. The van der Waals surface area contributed by atoms with Gasteiger partial charge in [0.2, 0.25) is 5.91 Å². The summed E-state index contributed by atoms with van der Waals surface area (Å²) < 4.78 is 78.0. The van der Waals surface area contributed by atoms with Crippen molar-refractivity contribution < 1.29 is 31.1 Å². The largest absolute Gasteiger partial charge is 0.416 e. The van der Waals surface area contributed by atoms with Crippen LogP contribution in [0.3, 0.4) is 0 Å². The Bertz CT molecular complexity index is 582. The maximum atomic E-state index is 13.0. The van der Waals surface area contributed by atoms with E-state index in [0.29, 0.717) is 12.1 Å². The molecule has 0 aliphatic carbocycles. The smallest absolute Gasteiger partial charge is 0.354 e. The molecule has 1 amide bonds. The number of alkyl halides is 6. The quantitative estimate of drug-likeness (QED) is 0.673. The van der Waals surface area contributed by atoms with Crippen molar-refractivity contribution in [2.45, 2.75) is 37.7 Å². The second-order valence-corrected chi connectivity index (χ2v) is 5.75. The summed E-state index contributed by atoms with van der Waals surface area (Å²) in [5.41, 5.74) is 6.54. The van der Waals surface area contributed by atoms with Gasteiger partial charge in [0.25, 0.3) is 0 Å². The molecule has 0 aromatic heterocycles. The molecule has 1 aromatic rings. The van der Waals surface area contributed by atoms with Crippen LogP contribution in [0.1, 0.15) is 36.5 Å². The molecule has 0 saturated carbocycles. The normalized spacial score (nSPS) is 14.9. The van der Waals surface area contributed by atoms with E-state index in [2.05, 4.69) is 5.32 Å². The number of rotatable bonds is 6. The molecule has 1 atom stereocenters. The molecule has 10 heteroatoms. The topological polar surface area (TPSA) is 81.1 Å². The summed E-state index contributed by atoms with van der Waals surface area (Å²) in [7, 11) is 0. The molecule has 0 aliphatic heterocycles. The van der Waals surface area contributed by atoms with Crippen LogP contribution in [0, 0.1) is 0 Å². The van der Waals surface area contributed by atoms with E-state index in [1.165, 1.54) is 0 Å². The van der Waals surface area contributed by atoms with Crippen molar-refractivity contribution in [1.29, 1.82) is 0 Å². The van der Waals surface area contributed by atoms with E-state index in [4.69, 9.17) is 11.5 Å². The van der Waals surface area contributed by atoms with E-state index >= 15 is 0 Å². The summed E-state index contributed by atoms with van der Waals surface area (Å²) in [6.07, 6.45) is -9.69. The summed E-state index contributed by atoms with van der Waals surface area (Å²) in [5, 5.41) is 2.34. The van der Waals surface area contributed by atoms with Gasteiger partial charge in [-0.25, -0.2) is 0 Å². The second kappa shape index (κ2) is 7.61. The number of amides is 1. The third-order valence-corrected chi connectivity index (χ3v) is 3.64. The molecule has 0 unspecified atom stereocenters. The first-order valence-corrected chi connectivity index (χ1v) is 7.33. The third-order valence-electron chi connectivity index (χ3n) is 3.64. The number of hydrogen-bond donors (Lipinski definition) is 3. The number of nitrogens with one attached hydrogen (secondary N) is 1. The van der Waals surface area contributed by atoms with Gasteiger partial charge in [-0.3, -0.25) is 4.79 Å². The van der Waals surface area contributed by atoms with Gasteiger partial charge < -0.3 is 16.8 Å². The zero-order valence-corrected chi connectivity index (χ0v) is 13.4. The lowest BCUT2D eigenvalue weighted by atomic mass is 9.84. The maximum absolute atomic E-state index is 13.0. The molecule has 1 rings (SSSR count). The van der Waals surface area contributed by atoms with Crippen molar-refractivity contribution in [2.24, 2.45) is 11.5 Å². The summed E-state index contributed by atoms with van der Waals surface area (Å²) >= 11 is 0. The van der Waals surface area contributed by atoms with E-state index in [-0.39, 0.29) is 37.6 Å². The Morgan fingerprint density at radius 3 is 1.80 bits per heavy atom. The van der Waals surface area contributed by atoms with Crippen LogP contribution in [0.15, 0.2) is 18.2 Å². The molecule has 0 spiro atoms. The van der Waals surface area contributed by atoms with Gasteiger partial charge in [0.15, 0.2) is 0 Å². The Balaban J connectivity index is 3.48. The van der Waals surface area contributed by atoms with Crippen molar-refractivity contribution in [1.82, 2.24) is 5.32 Å². The highest BCUT2D eigenvalue weighted by molar-refractivity contribution is 5.73. The standard InChI is InChI=1S/C15H19F6N3O/c1-9(25)24-8-13(23,3-2-4-22)10-5-11(14(16,17)18)7-12(6-10)15(19,20)21/h5-7H,2-4,8,22-23H2,1H3,(H,24,25)/t13-/m1/s1. The minimum atomic E-state index is -4.97. The van der Waals surface area contributed by atoms with E-state index in [0.717, 1.165) is 6.92 Å². The summed E-state index contributed by atoms with van der Waals surface area (Å²) in [6, 6.07) is 1.19. The van der Waals surface area contributed by atoms with Crippen LogP contribution in [0.4, 0.5) is 26.3 Å².